The third kappa shape index (κ3) is 2.03. The van der Waals surface area contributed by atoms with Crippen LogP contribution in [0, 0.1) is 40.9 Å². The van der Waals surface area contributed by atoms with Crippen molar-refractivity contribution < 1.29 is 19.8 Å². The summed E-state index contributed by atoms with van der Waals surface area (Å²) in [5, 5.41) is 22.4. The highest BCUT2D eigenvalue weighted by Gasteiger charge is 2.68. The first kappa shape index (κ1) is 17.2. The third-order valence-electron chi connectivity index (χ3n) is 8.50. The minimum absolute atomic E-state index is 0.0138. The van der Waals surface area contributed by atoms with E-state index in [1.807, 2.05) is 0 Å². The molecule has 0 spiro atoms. The van der Waals surface area contributed by atoms with Gasteiger partial charge >= 0.3 is 0 Å². The van der Waals surface area contributed by atoms with Crippen LogP contribution in [0.3, 0.4) is 0 Å². The topological polar surface area (TPSA) is 74.6 Å². The lowest BCUT2D eigenvalue weighted by Crippen LogP contribution is -2.69. The maximum Gasteiger partial charge on any atom is 0.139 e. The van der Waals surface area contributed by atoms with Crippen molar-refractivity contribution in [1.29, 1.82) is 0 Å². The average Bonchev–Trinajstić information content (AvgIpc) is 2.86. The van der Waals surface area contributed by atoms with E-state index in [0.29, 0.717) is 37.9 Å². The molecule has 1 unspecified atom stereocenters. The number of terminal acetylenes is 1. The summed E-state index contributed by atoms with van der Waals surface area (Å²) >= 11 is 0. The number of aliphatic hydroxyl groups is 2. The molecule has 0 radical (unpaired) electrons. The van der Waals surface area contributed by atoms with Crippen LogP contribution in [0.1, 0.15) is 64.7 Å². The molecule has 0 aromatic heterocycles. The van der Waals surface area contributed by atoms with Crippen molar-refractivity contribution in [1.82, 2.24) is 0 Å². The summed E-state index contributed by atoms with van der Waals surface area (Å²) < 4.78 is 0. The number of ketones is 2. The Morgan fingerprint density at radius 2 is 1.96 bits per heavy atom. The molecule has 136 valence electrons. The molecule has 0 aromatic rings. The zero-order valence-corrected chi connectivity index (χ0v) is 15.0. The Morgan fingerprint density at radius 1 is 1.20 bits per heavy atom. The van der Waals surface area contributed by atoms with E-state index in [1.54, 1.807) is 0 Å². The molecular weight excluding hydrogens is 316 g/mol. The normalized spacial score (nSPS) is 52.1. The van der Waals surface area contributed by atoms with Gasteiger partial charge in [0.05, 0.1) is 6.10 Å². The molecule has 4 fully saturated rings. The second-order valence-corrected chi connectivity index (χ2v) is 9.22. The first-order chi connectivity index (χ1) is 11.8. The van der Waals surface area contributed by atoms with Crippen molar-refractivity contribution in [2.75, 3.05) is 0 Å². The summed E-state index contributed by atoms with van der Waals surface area (Å²) in [5.74, 6) is 3.79. The maximum absolute atomic E-state index is 12.5. The van der Waals surface area contributed by atoms with Gasteiger partial charge in [0, 0.05) is 36.5 Å². The molecule has 4 heteroatoms. The number of rotatable bonds is 1. The minimum Gasteiger partial charge on any atom is -0.390 e. The molecule has 2 N–H and O–H groups in total. The summed E-state index contributed by atoms with van der Waals surface area (Å²) in [6, 6.07) is 0. The molecule has 7 atom stereocenters. The SMILES string of the molecule is C#CCC12CCC(=O)C[C@]1(O)[C@H](O)C[C@@H]1[C@@H]2CC[C@]2(C)C(=O)CC[C@@H]12. The molecule has 4 saturated carbocycles. The number of carbonyl (C=O) groups is 2. The molecule has 4 rings (SSSR count). The fourth-order valence-corrected chi connectivity index (χ4v) is 7.18. The smallest absolute Gasteiger partial charge is 0.139 e. The summed E-state index contributed by atoms with van der Waals surface area (Å²) in [6.45, 7) is 2.09. The van der Waals surface area contributed by atoms with Gasteiger partial charge in [-0.15, -0.1) is 12.3 Å². The van der Waals surface area contributed by atoms with E-state index in [4.69, 9.17) is 6.42 Å². The first-order valence-corrected chi connectivity index (χ1v) is 9.67. The average molecular weight is 344 g/mol. The lowest BCUT2D eigenvalue weighted by Gasteiger charge is -2.64. The van der Waals surface area contributed by atoms with Crippen molar-refractivity contribution in [2.45, 2.75) is 76.4 Å². The van der Waals surface area contributed by atoms with Crippen LogP contribution in [-0.2, 0) is 9.59 Å². The lowest BCUT2D eigenvalue weighted by atomic mass is 9.42. The van der Waals surface area contributed by atoms with Crippen LogP contribution < -0.4 is 0 Å². The van der Waals surface area contributed by atoms with Gasteiger partial charge in [-0.05, 0) is 49.9 Å². The highest BCUT2D eigenvalue weighted by atomic mass is 16.3. The molecule has 0 saturated heterocycles. The summed E-state index contributed by atoms with van der Waals surface area (Å²) in [6.07, 6.45) is 9.84. The molecule has 4 aliphatic rings. The van der Waals surface area contributed by atoms with Gasteiger partial charge in [0.15, 0.2) is 0 Å². The van der Waals surface area contributed by atoms with Gasteiger partial charge in [-0.25, -0.2) is 0 Å². The highest BCUT2D eigenvalue weighted by Crippen LogP contribution is 2.67. The highest BCUT2D eigenvalue weighted by molar-refractivity contribution is 5.87. The van der Waals surface area contributed by atoms with Crippen LogP contribution in [0.2, 0.25) is 0 Å². The second-order valence-electron chi connectivity index (χ2n) is 9.22. The van der Waals surface area contributed by atoms with E-state index in [2.05, 4.69) is 12.8 Å². The predicted octanol–water partition coefficient (Wildman–Crippen LogP) is 2.26. The summed E-state index contributed by atoms with van der Waals surface area (Å²) in [4.78, 5) is 24.6. The number of aliphatic hydroxyl groups excluding tert-OH is 1. The zero-order valence-electron chi connectivity index (χ0n) is 15.0. The molecule has 0 aliphatic heterocycles. The van der Waals surface area contributed by atoms with Crippen molar-refractivity contribution in [2.24, 2.45) is 28.6 Å². The maximum atomic E-state index is 12.5. The largest absolute Gasteiger partial charge is 0.390 e. The molecule has 0 aromatic carbocycles. The molecule has 0 heterocycles. The van der Waals surface area contributed by atoms with Crippen LogP contribution in [0.15, 0.2) is 0 Å². The molecule has 0 amide bonds. The standard InChI is InChI=1S/C21H28O4/c1-3-8-20-10-6-13(22)12-21(20,25)18(24)11-14-15-4-5-17(23)19(15,2)9-7-16(14)20/h1,14-16,18,24-25H,4-12H2,2H3/t14-,15-,16-,18+,19-,20?,21-/m0/s1. The molecule has 0 bridgehead atoms. The van der Waals surface area contributed by atoms with Crippen molar-refractivity contribution in [3.05, 3.63) is 0 Å². The van der Waals surface area contributed by atoms with Crippen LogP contribution >= 0.6 is 0 Å². The van der Waals surface area contributed by atoms with Crippen LogP contribution in [0.5, 0.6) is 0 Å². The van der Waals surface area contributed by atoms with E-state index in [1.165, 1.54) is 0 Å². The number of Topliss-reactive ketones (excluding diaryl/α,β-unsaturated/α-hetero) is 2. The van der Waals surface area contributed by atoms with E-state index in [0.717, 1.165) is 19.3 Å². The van der Waals surface area contributed by atoms with Gasteiger partial charge in [-0.2, -0.15) is 0 Å². The molecular formula is C21H28O4. The Bertz CT molecular complexity index is 663. The molecule has 25 heavy (non-hydrogen) atoms. The van der Waals surface area contributed by atoms with E-state index in [9.17, 15) is 19.8 Å². The Kier molecular flexibility index (Phi) is 3.73. The van der Waals surface area contributed by atoms with Gasteiger partial charge in [0.1, 0.15) is 17.2 Å². The Morgan fingerprint density at radius 3 is 2.68 bits per heavy atom. The third-order valence-corrected chi connectivity index (χ3v) is 8.50. The van der Waals surface area contributed by atoms with Gasteiger partial charge in [-0.1, -0.05) is 6.92 Å². The Labute approximate surface area is 149 Å². The summed E-state index contributed by atoms with van der Waals surface area (Å²) in [7, 11) is 0. The van der Waals surface area contributed by atoms with Crippen molar-refractivity contribution in [3.8, 4) is 12.3 Å². The quantitative estimate of drug-likeness (QED) is 0.716. The van der Waals surface area contributed by atoms with E-state index < -0.39 is 17.1 Å². The van der Waals surface area contributed by atoms with E-state index in [-0.39, 0.29) is 35.4 Å². The molecule has 4 nitrogen and oxygen atoms in total. The monoisotopic (exact) mass is 344 g/mol. The lowest BCUT2D eigenvalue weighted by molar-refractivity contribution is -0.251. The number of fused-ring (bicyclic) bond motifs is 5. The number of carbonyl (C=O) groups excluding carboxylic acids is 2. The first-order valence-electron chi connectivity index (χ1n) is 9.67. The second kappa shape index (κ2) is 5.41. The molecule has 4 aliphatic carbocycles. The minimum atomic E-state index is -1.41. The Hall–Kier alpha value is -1.18. The van der Waals surface area contributed by atoms with Crippen molar-refractivity contribution in [3.63, 3.8) is 0 Å². The summed E-state index contributed by atoms with van der Waals surface area (Å²) in [5.41, 5.74) is -2.28. The van der Waals surface area contributed by atoms with Gasteiger partial charge < -0.3 is 10.2 Å². The van der Waals surface area contributed by atoms with Crippen LogP contribution in [0.25, 0.3) is 0 Å². The predicted molar refractivity (Wildman–Crippen MR) is 92.4 cm³/mol. The Balaban J connectivity index is 1.79. The fourth-order valence-electron chi connectivity index (χ4n) is 7.18. The van der Waals surface area contributed by atoms with E-state index >= 15 is 0 Å². The van der Waals surface area contributed by atoms with Crippen LogP contribution in [-0.4, -0.2) is 33.5 Å². The van der Waals surface area contributed by atoms with Gasteiger partial charge in [0.2, 0.25) is 0 Å². The van der Waals surface area contributed by atoms with Crippen molar-refractivity contribution >= 4 is 11.6 Å². The number of hydrogen-bond donors (Lipinski definition) is 2. The zero-order chi connectivity index (χ0) is 18.0. The van der Waals surface area contributed by atoms with Gasteiger partial charge in [-0.3, -0.25) is 9.59 Å². The van der Waals surface area contributed by atoms with Crippen LogP contribution in [0.4, 0.5) is 0 Å². The van der Waals surface area contributed by atoms with Gasteiger partial charge in [0.25, 0.3) is 0 Å². The fraction of sp³-hybridized carbons (Fsp3) is 0.810. The number of hydrogen-bond acceptors (Lipinski definition) is 4.